The van der Waals surface area contributed by atoms with Crippen molar-refractivity contribution in [3.8, 4) is 0 Å². The van der Waals surface area contributed by atoms with E-state index in [2.05, 4.69) is 15.2 Å². The predicted molar refractivity (Wildman–Crippen MR) is 94.2 cm³/mol. The number of nitrogens with one attached hydrogen (secondary N) is 2. The van der Waals surface area contributed by atoms with Crippen LogP contribution in [0.1, 0.15) is 42.5 Å². The third-order valence-electron chi connectivity index (χ3n) is 5.35. The molecule has 0 bridgehead atoms. The Morgan fingerprint density at radius 2 is 1.88 bits per heavy atom. The van der Waals surface area contributed by atoms with Crippen molar-refractivity contribution in [2.45, 2.75) is 52.1 Å². The first kappa shape index (κ1) is 17.0. The molecule has 6 heteroatoms. The van der Waals surface area contributed by atoms with E-state index < -0.39 is 0 Å². The minimum absolute atomic E-state index is 0.0690. The van der Waals surface area contributed by atoms with Crippen LogP contribution in [0, 0.1) is 13.8 Å². The number of pyridine rings is 1. The van der Waals surface area contributed by atoms with Crippen molar-refractivity contribution in [3.63, 3.8) is 0 Å². The molecule has 2 amide bonds. The SMILES string of the molecule is Cc1cc(C)c(CNC(=O)N2CCN(C3CCCC3)CC2)c(=O)[nH]1. The number of H-pyrrole nitrogens is 1. The average Bonchev–Trinajstić information content (AvgIpc) is 3.08. The molecule has 1 saturated heterocycles. The number of carbonyl (C=O) groups is 1. The van der Waals surface area contributed by atoms with Gasteiger partial charge in [0.25, 0.3) is 5.56 Å². The monoisotopic (exact) mass is 332 g/mol. The van der Waals surface area contributed by atoms with Crippen molar-refractivity contribution in [1.82, 2.24) is 20.1 Å². The summed E-state index contributed by atoms with van der Waals surface area (Å²) in [6.07, 6.45) is 5.30. The summed E-state index contributed by atoms with van der Waals surface area (Å²) in [7, 11) is 0. The lowest BCUT2D eigenvalue weighted by Crippen LogP contribution is -2.53. The molecule has 1 aliphatic carbocycles. The highest BCUT2D eigenvalue weighted by molar-refractivity contribution is 5.74. The second-order valence-electron chi connectivity index (χ2n) is 7.06. The molecule has 1 aromatic heterocycles. The number of nitrogens with zero attached hydrogens (tertiary/aromatic N) is 2. The minimum Gasteiger partial charge on any atom is -0.334 e. The Kier molecular flexibility index (Phi) is 5.23. The quantitative estimate of drug-likeness (QED) is 0.886. The molecule has 2 fully saturated rings. The van der Waals surface area contributed by atoms with Crippen LogP contribution in [0.25, 0.3) is 0 Å². The summed E-state index contributed by atoms with van der Waals surface area (Å²) in [5, 5.41) is 2.90. The summed E-state index contributed by atoms with van der Waals surface area (Å²) < 4.78 is 0. The topological polar surface area (TPSA) is 68.4 Å². The summed E-state index contributed by atoms with van der Waals surface area (Å²) in [6.45, 7) is 7.51. The molecule has 2 N–H and O–H groups in total. The number of piperazine rings is 1. The van der Waals surface area contributed by atoms with Crippen LogP contribution in [0.3, 0.4) is 0 Å². The molecular weight excluding hydrogens is 304 g/mol. The zero-order valence-electron chi connectivity index (χ0n) is 14.7. The van der Waals surface area contributed by atoms with Gasteiger partial charge in [-0.2, -0.15) is 0 Å². The van der Waals surface area contributed by atoms with Crippen molar-refractivity contribution in [3.05, 3.63) is 33.2 Å². The largest absolute Gasteiger partial charge is 0.334 e. The molecule has 1 saturated carbocycles. The van der Waals surface area contributed by atoms with Crippen molar-refractivity contribution >= 4 is 6.03 Å². The third-order valence-corrected chi connectivity index (χ3v) is 5.35. The molecule has 0 aromatic carbocycles. The van der Waals surface area contributed by atoms with Crippen LogP contribution < -0.4 is 10.9 Å². The number of aromatic amines is 1. The van der Waals surface area contributed by atoms with Gasteiger partial charge in [0.2, 0.25) is 0 Å². The Hall–Kier alpha value is -1.82. The normalized spacial score (nSPS) is 19.7. The number of aryl methyl sites for hydroxylation is 2. The maximum Gasteiger partial charge on any atom is 0.317 e. The Morgan fingerprint density at radius 1 is 1.21 bits per heavy atom. The standard InChI is InChI=1S/C18H28N4O2/c1-13-11-14(2)20-17(23)16(13)12-19-18(24)22-9-7-21(8-10-22)15-5-3-4-6-15/h11,15H,3-10,12H2,1-2H3,(H,19,24)(H,20,23). The van der Waals surface area contributed by atoms with Crippen LogP contribution in [-0.4, -0.2) is 53.0 Å². The maximum absolute atomic E-state index is 12.4. The van der Waals surface area contributed by atoms with Crippen molar-refractivity contribution < 1.29 is 4.79 Å². The van der Waals surface area contributed by atoms with Crippen molar-refractivity contribution in [1.29, 1.82) is 0 Å². The fraction of sp³-hybridized carbons (Fsp3) is 0.667. The Balaban J connectivity index is 1.50. The van der Waals surface area contributed by atoms with Crippen molar-refractivity contribution in [2.24, 2.45) is 0 Å². The predicted octanol–water partition coefficient (Wildman–Crippen LogP) is 1.76. The van der Waals surface area contributed by atoms with E-state index >= 15 is 0 Å². The number of aromatic nitrogens is 1. The highest BCUT2D eigenvalue weighted by Crippen LogP contribution is 2.24. The van der Waals surface area contributed by atoms with Gasteiger partial charge >= 0.3 is 6.03 Å². The van der Waals surface area contributed by atoms with E-state index in [0.29, 0.717) is 5.56 Å². The average molecular weight is 332 g/mol. The highest BCUT2D eigenvalue weighted by Gasteiger charge is 2.27. The molecule has 6 nitrogen and oxygen atoms in total. The lowest BCUT2D eigenvalue weighted by molar-refractivity contribution is 0.109. The third kappa shape index (κ3) is 3.80. The fourth-order valence-electron chi connectivity index (χ4n) is 3.94. The maximum atomic E-state index is 12.4. The van der Waals surface area contributed by atoms with Crippen molar-refractivity contribution in [2.75, 3.05) is 26.2 Å². The Bertz CT molecular complexity index is 641. The van der Waals surface area contributed by atoms with Gasteiger partial charge in [0.05, 0.1) is 6.54 Å². The first-order valence-electron chi connectivity index (χ1n) is 9.01. The molecule has 2 aliphatic rings. The van der Waals surface area contributed by atoms with Crippen LogP contribution in [0.2, 0.25) is 0 Å². The fourth-order valence-corrected chi connectivity index (χ4v) is 3.94. The van der Waals surface area contributed by atoms with E-state index in [-0.39, 0.29) is 18.1 Å². The van der Waals surface area contributed by atoms with Gasteiger partial charge in [-0.15, -0.1) is 0 Å². The first-order valence-corrected chi connectivity index (χ1v) is 9.01. The van der Waals surface area contributed by atoms with E-state index in [0.717, 1.165) is 43.5 Å². The summed E-state index contributed by atoms with van der Waals surface area (Å²) in [5.41, 5.74) is 2.29. The van der Waals surface area contributed by atoms with Gasteiger partial charge in [0, 0.05) is 43.5 Å². The summed E-state index contributed by atoms with van der Waals surface area (Å²) >= 11 is 0. The molecule has 24 heavy (non-hydrogen) atoms. The zero-order chi connectivity index (χ0) is 17.1. The van der Waals surface area contributed by atoms with Crippen LogP contribution in [0.4, 0.5) is 4.79 Å². The molecule has 0 unspecified atom stereocenters. The number of hydrogen-bond donors (Lipinski definition) is 2. The number of rotatable bonds is 3. The van der Waals surface area contributed by atoms with Crippen LogP contribution in [-0.2, 0) is 6.54 Å². The molecule has 1 aliphatic heterocycles. The van der Waals surface area contributed by atoms with Gasteiger partial charge in [0.1, 0.15) is 0 Å². The molecule has 132 valence electrons. The van der Waals surface area contributed by atoms with Gasteiger partial charge in [-0.25, -0.2) is 4.79 Å². The van der Waals surface area contributed by atoms with E-state index in [1.807, 2.05) is 24.8 Å². The van der Waals surface area contributed by atoms with E-state index in [9.17, 15) is 9.59 Å². The van der Waals surface area contributed by atoms with E-state index in [1.165, 1.54) is 25.7 Å². The highest BCUT2D eigenvalue weighted by atomic mass is 16.2. The Morgan fingerprint density at radius 3 is 2.50 bits per heavy atom. The number of carbonyl (C=O) groups excluding carboxylic acids is 1. The molecule has 2 heterocycles. The van der Waals surface area contributed by atoms with Gasteiger partial charge in [0.15, 0.2) is 0 Å². The first-order chi connectivity index (χ1) is 11.5. The molecule has 0 spiro atoms. The molecule has 0 atom stereocenters. The lowest BCUT2D eigenvalue weighted by atomic mass is 10.1. The van der Waals surface area contributed by atoms with E-state index in [1.54, 1.807) is 0 Å². The smallest absolute Gasteiger partial charge is 0.317 e. The summed E-state index contributed by atoms with van der Waals surface area (Å²) in [4.78, 5) is 31.6. The molecule has 1 aromatic rings. The molecular formula is C18H28N4O2. The van der Waals surface area contributed by atoms with Gasteiger partial charge in [-0.3, -0.25) is 9.69 Å². The number of hydrogen-bond acceptors (Lipinski definition) is 3. The van der Waals surface area contributed by atoms with Crippen LogP contribution >= 0.6 is 0 Å². The van der Waals surface area contributed by atoms with Gasteiger partial charge < -0.3 is 15.2 Å². The Labute approximate surface area is 143 Å². The zero-order valence-corrected chi connectivity index (χ0v) is 14.7. The van der Waals surface area contributed by atoms with Crippen LogP contribution in [0.5, 0.6) is 0 Å². The second kappa shape index (κ2) is 7.38. The molecule has 0 radical (unpaired) electrons. The molecule has 3 rings (SSSR count). The number of amides is 2. The second-order valence-corrected chi connectivity index (χ2v) is 7.06. The van der Waals surface area contributed by atoms with E-state index in [4.69, 9.17) is 0 Å². The summed E-state index contributed by atoms with van der Waals surface area (Å²) in [5.74, 6) is 0. The lowest BCUT2D eigenvalue weighted by Gasteiger charge is -2.38. The van der Waals surface area contributed by atoms with Gasteiger partial charge in [-0.1, -0.05) is 12.8 Å². The van der Waals surface area contributed by atoms with Crippen LogP contribution in [0.15, 0.2) is 10.9 Å². The number of urea groups is 1. The minimum atomic E-state index is -0.112. The summed E-state index contributed by atoms with van der Waals surface area (Å²) in [6, 6.07) is 2.59. The van der Waals surface area contributed by atoms with Gasteiger partial charge in [-0.05, 0) is 38.3 Å².